The van der Waals surface area contributed by atoms with E-state index in [0.29, 0.717) is 0 Å². The van der Waals surface area contributed by atoms with Crippen molar-refractivity contribution in [3.05, 3.63) is 190 Å². The van der Waals surface area contributed by atoms with Crippen LogP contribution in [-0.4, -0.2) is 11.3 Å². The van der Waals surface area contributed by atoms with Crippen molar-refractivity contribution in [2.75, 3.05) is 0 Å². The molecular weight excluding hydrogens is 602 g/mol. The quantitative estimate of drug-likeness (QED) is 0.144. The molecule has 0 N–H and O–H groups in total. The summed E-state index contributed by atoms with van der Waals surface area (Å²) >= 11 is 0. The molecule has 236 valence electrons. The van der Waals surface area contributed by atoms with Crippen molar-refractivity contribution in [2.45, 2.75) is 47.7 Å². The minimum Gasteiger partial charge on any atom is -0.0622 e. The maximum atomic E-state index is 2.91. The molecule has 0 fully saturated rings. The third-order valence-electron chi connectivity index (χ3n) is 9.50. The van der Waals surface area contributed by atoms with Crippen LogP contribution in [0.25, 0.3) is 0 Å². The molecule has 0 bridgehead atoms. The lowest BCUT2D eigenvalue weighted by Gasteiger charge is -2.35. The smallest absolute Gasteiger partial charge is 0.000685 e. The molecule has 6 rings (SSSR count). The van der Waals surface area contributed by atoms with E-state index in [9.17, 15) is 0 Å². The van der Waals surface area contributed by atoms with E-state index in [1.165, 1.54) is 65.7 Å². The largest absolute Gasteiger partial charge is 0.0622 e. The van der Waals surface area contributed by atoms with E-state index >= 15 is 0 Å². The minimum absolute atomic E-state index is 0.972. The summed E-state index contributed by atoms with van der Waals surface area (Å²) in [5.41, 5.74) is 13.8. The van der Waals surface area contributed by atoms with Gasteiger partial charge in [-0.2, -0.15) is 0 Å². The summed E-state index contributed by atoms with van der Waals surface area (Å²) < 4.78 is 0. The first-order chi connectivity index (χ1) is 22.7. The van der Waals surface area contributed by atoms with E-state index in [2.05, 4.69) is 198 Å². The van der Waals surface area contributed by atoms with Crippen LogP contribution in [0.1, 0.15) is 44.5 Å². The minimum atomic E-state index is -2.32. The van der Waals surface area contributed by atoms with Crippen LogP contribution in [0.15, 0.2) is 146 Å². The highest BCUT2D eigenvalue weighted by Gasteiger charge is 2.31. The third kappa shape index (κ3) is 6.69. The van der Waals surface area contributed by atoms with Crippen LogP contribution in [0.5, 0.6) is 0 Å². The van der Waals surface area contributed by atoms with Crippen molar-refractivity contribution >= 4 is 46.3 Å². The number of rotatable bonds is 8. The molecule has 0 saturated carbocycles. The molecule has 0 amide bonds. The maximum Gasteiger partial charge on any atom is 0.000685 e. The van der Waals surface area contributed by atoms with Gasteiger partial charge in [-0.25, -0.2) is 0 Å². The topological polar surface area (TPSA) is 0 Å². The van der Waals surface area contributed by atoms with Gasteiger partial charge >= 0.3 is 0 Å². The summed E-state index contributed by atoms with van der Waals surface area (Å²) in [6, 6.07) is 55.0. The van der Waals surface area contributed by atoms with Crippen molar-refractivity contribution in [1.82, 2.24) is 0 Å². The molecule has 0 atom stereocenters. The predicted molar refractivity (Wildman–Crippen MR) is 214 cm³/mol. The van der Waals surface area contributed by atoms with E-state index in [-0.39, 0.29) is 0 Å². The van der Waals surface area contributed by atoms with Crippen LogP contribution in [-0.2, 0) is 6.16 Å². The molecule has 0 aromatic heterocycles. The van der Waals surface area contributed by atoms with Crippen molar-refractivity contribution in [3.8, 4) is 0 Å². The van der Waals surface area contributed by atoms with Crippen molar-refractivity contribution in [2.24, 2.45) is 0 Å². The lowest BCUT2D eigenvalue weighted by Crippen LogP contribution is -2.26. The lowest BCUT2D eigenvalue weighted by molar-refractivity contribution is 1.21. The van der Waals surface area contributed by atoms with Crippen LogP contribution < -0.4 is 21.2 Å². The monoisotopic (exact) mass is 648 g/mol. The normalized spacial score (nSPS) is 11.7. The summed E-state index contributed by atoms with van der Waals surface area (Å²) in [6.45, 7) is 9.06. The molecule has 47 heavy (non-hydrogen) atoms. The van der Waals surface area contributed by atoms with E-state index in [0.717, 1.165) is 6.16 Å². The Bertz CT molecular complexity index is 1970. The molecule has 6 aromatic carbocycles. The van der Waals surface area contributed by atoms with E-state index < -0.39 is 13.8 Å². The lowest BCUT2D eigenvalue weighted by atomic mass is 10.0. The van der Waals surface area contributed by atoms with E-state index in [1.54, 1.807) is 0 Å². The Kier molecular flexibility index (Phi) is 9.75. The Hall–Kier alpha value is -4.08. The summed E-state index contributed by atoms with van der Waals surface area (Å²) in [5.74, 6) is 2.69. The van der Waals surface area contributed by atoms with Gasteiger partial charge in [0.15, 0.2) is 0 Å². The average molecular weight is 649 g/mol. The number of hydrogen-bond donors (Lipinski definition) is 0. The fourth-order valence-electron chi connectivity index (χ4n) is 7.33. The van der Waals surface area contributed by atoms with Crippen LogP contribution >= 0.6 is 13.8 Å². The first kappa shape index (κ1) is 32.8. The number of hydrogen-bond acceptors (Lipinski definition) is 0. The van der Waals surface area contributed by atoms with Crippen LogP contribution in [0.3, 0.4) is 0 Å². The zero-order chi connectivity index (χ0) is 33.0. The first-order valence-corrected chi connectivity index (χ1v) is 20.6. The van der Waals surface area contributed by atoms with Crippen molar-refractivity contribution < 1.29 is 0 Å². The van der Waals surface area contributed by atoms with Gasteiger partial charge in [0.1, 0.15) is 0 Å². The summed E-state index contributed by atoms with van der Waals surface area (Å²) in [5, 5.41) is 5.62. The number of benzene rings is 6. The fraction of sp³-hybridized carbons (Fsp3) is 0.156. The van der Waals surface area contributed by atoms with Gasteiger partial charge in [-0.15, -0.1) is 0 Å². The molecule has 0 spiro atoms. The van der Waals surface area contributed by atoms with Gasteiger partial charge in [-0.05, 0) is 121 Å². The summed E-state index contributed by atoms with van der Waals surface area (Å²) in [7, 11) is 0. The van der Waals surface area contributed by atoms with Crippen molar-refractivity contribution in [3.63, 3.8) is 0 Å². The molecule has 0 unspecified atom stereocenters. The standard InChI is InChI=1S/C45H46P2/c1-34-27-36(3)44(37(4)28-34)31-46(40-19-11-7-12-20-40,41-21-13-8-14-22-41)33-47(42-23-15-9-16-24-42,43-25-17-10-18-26-43)32-45-38(5)29-35(2)30-39(45)6/h7-31,33H,32H2,1-6H3. The molecule has 0 heterocycles. The Morgan fingerprint density at radius 3 is 1.15 bits per heavy atom. The molecule has 6 aromatic rings. The van der Waals surface area contributed by atoms with Crippen LogP contribution in [0.4, 0.5) is 0 Å². The Morgan fingerprint density at radius 2 is 0.766 bits per heavy atom. The van der Waals surface area contributed by atoms with Crippen molar-refractivity contribution in [1.29, 1.82) is 0 Å². The van der Waals surface area contributed by atoms with Gasteiger partial charge in [0.05, 0.1) is 0 Å². The van der Waals surface area contributed by atoms with Gasteiger partial charge < -0.3 is 0 Å². The highest BCUT2D eigenvalue weighted by molar-refractivity contribution is 8.12. The van der Waals surface area contributed by atoms with Gasteiger partial charge in [0.2, 0.25) is 0 Å². The first-order valence-electron chi connectivity index (χ1n) is 16.6. The SMILES string of the molecule is Cc1cc(C)c(C=P(C=P(Cc2c(C)cc(C)cc2C)(c2ccccc2)c2ccccc2)(c2ccccc2)c2ccccc2)c(C)c1. The molecular formula is C45H46P2. The second-order valence-electron chi connectivity index (χ2n) is 13.1. The number of aryl methyl sites for hydroxylation is 6. The van der Waals surface area contributed by atoms with E-state index in [4.69, 9.17) is 0 Å². The maximum absolute atomic E-state index is 2.91. The molecule has 0 aliphatic heterocycles. The highest BCUT2D eigenvalue weighted by Crippen LogP contribution is 2.58. The molecule has 0 radical (unpaired) electrons. The second-order valence-corrected chi connectivity index (χ2v) is 19.9. The van der Waals surface area contributed by atoms with Crippen LogP contribution in [0.2, 0.25) is 0 Å². The van der Waals surface area contributed by atoms with Gasteiger partial charge in [0, 0.05) is 6.16 Å². The third-order valence-corrected chi connectivity index (χ3v) is 18.8. The second kappa shape index (κ2) is 14.0. The van der Waals surface area contributed by atoms with Crippen LogP contribution in [0, 0.1) is 41.5 Å². The van der Waals surface area contributed by atoms with Gasteiger partial charge in [0.25, 0.3) is 0 Å². The average Bonchev–Trinajstić information content (AvgIpc) is 3.08. The summed E-state index contributed by atoms with van der Waals surface area (Å²) in [6.07, 6.45) is 0.972. The molecule has 0 aliphatic rings. The van der Waals surface area contributed by atoms with Gasteiger partial charge in [-0.3, -0.25) is 0 Å². The van der Waals surface area contributed by atoms with Gasteiger partial charge in [-0.1, -0.05) is 157 Å². The molecule has 0 saturated heterocycles. The highest BCUT2D eigenvalue weighted by atomic mass is 31.2. The Balaban J connectivity index is 1.88. The Morgan fingerprint density at radius 1 is 0.426 bits per heavy atom. The predicted octanol–water partition coefficient (Wildman–Crippen LogP) is 9.98. The molecule has 0 nitrogen and oxygen atoms in total. The Labute approximate surface area is 283 Å². The zero-order valence-electron chi connectivity index (χ0n) is 28.6. The molecule has 2 heteroatoms. The zero-order valence-corrected chi connectivity index (χ0v) is 30.4. The summed E-state index contributed by atoms with van der Waals surface area (Å²) in [4.78, 5) is 0. The van der Waals surface area contributed by atoms with E-state index in [1.807, 2.05) is 0 Å². The fourth-order valence-corrected chi connectivity index (χ4v) is 18.4. The molecule has 0 aliphatic carbocycles.